The third kappa shape index (κ3) is 3.80. The van der Waals surface area contributed by atoms with E-state index in [9.17, 15) is 14.4 Å². The van der Waals surface area contributed by atoms with Gasteiger partial charge in [-0.15, -0.1) is 11.3 Å². The Balaban J connectivity index is 1.18. The van der Waals surface area contributed by atoms with Crippen molar-refractivity contribution in [2.24, 2.45) is 5.41 Å². The van der Waals surface area contributed by atoms with E-state index in [-0.39, 0.29) is 12.3 Å². The Morgan fingerprint density at radius 3 is 2.47 bits per heavy atom. The zero-order valence-corrected chi connectivity index (χ0v) is 21.2. The van der Waals surface area contributed by atoms with Gasteiger partial charge in [0.05, 0.1) is 24.6 Å². The summed E-state index contributed by atoms with van der Waals surface area (Å²) >= 11 is 1.88. The molecule has 8 nitrogen and oxygen atoms in total. The van der Waals surface area contributed by atoms with Crippen molar-refractivity contribution in [1.29, 1.82) is 0 Å². The number of anilines is 1. The minimum absolute atomic E-state index is 0.150. The lowest BCUT2D eigenvalue weighted by Crippen LogP contribution is -2.48. The van der Waals surface area contributed by atoms with Gasteiger partial charge in [0, 0.05) is 4.88 Å². The van der Waals surface area contributed by atoms with E-state index in [4.69, 9.17) is 14.2 Å². The second-order valence-electron chi connectivity index (χ2n) is 10.3. The summed E-state index contributed by atoms with van der Waals surface area (Å²) in [6.07, 6.45) is 6.25. The van der Waals surface area contributed by atoms with Crippen LogP contribution < -0.4 is 9.64 Å². The van der Waals surface area contributed by atoms with Crippen molar-refractivity contribution >= 4 is 34.9 Å². The number of esters is 2. The van der Waals surface area contributed by atoms with Gasteiger partial charge in [-0.05, 0) is 105 Å². The highest BCUT2D eigenvalue weighted by Crippen LogP contribution is 2.53. The van der Waals surface area contributed by atoms with Crippen molar-refractivity contribution in [3.05, 3.63) is 46.2 Å². The number of methoxy groups -OCH3 is 1. The molecule has 1 aliphatic carbocycles. The molecule has 1 amide bonds. The summed E-state index contributed by atoms with van der Waals surface area (Å²) in [5.74, 6) is -2.75. The topological polar surface area (TPSA) is 85.4 Å². The Labute approximate surface area is 214 Å². The van der Waals surface area contributed by atoms with E-state index < -0.39 is 23.3 Å². The average molecular weight is 511 g/mol. The number of thiophene rings is 1. The summed E-state index contributed by atoms with van der Waals surface area (Å²) in [4.78, 5) is 43.4. The van der Waals surface area contributed by atoms with Gasteiger partial charge < -0.3 is 19.1 Å². The predicted octanol–water partition coefficient (Wildman–Crippen LogP) is 3.84. The fourth-order valence-electron chi connectivity index (χ4n) is 6.39. The number of hydrogen-bond acceptors (Lipinski definition) is 8. The van der Waals surface area contributed by atoms with E-state index >= 15 is 0 Å². The largest absolute Gasteiger partial charge is 0.497 e. The molecule has 0 radical (unpaired) electrons. The van der Waals surface area contributed by atoms with Crippen molar-refractivity contribution in [2.75, 3.05) is 31.6 Å². The highest BCUT2D eigenvalue weighted by molar-refractivity contribution is 7.10. The summed E-state index contributed by atoms with van der Waals surface area (Å²) in [5.41, 5.74) is 1.30. The van der Waals surface area contributed by atoms with E-state index in [1.165, 1.54) is 29.7 Å². The molecule has 6 rings (SSSR count). The van der Waals surface area contributed by atoms with Crippen molar-refractivity contribution in [3.63, 3.8) is 0 Å². The molecule has 4 heterocycles. The average Bonchev–Trinajstić information content (AvgIpc) is 3.54. The maximum absolute atomic E-state index is 13.9. The van der Waals surface area contributed by atoms with Crippen LogP contribution in [-0.2, 0) is 30.3 Å². The van der Waals surface area contributed by atoms with Crippen LogP contribution in [0.25, 0.3) is 0 Å². The Morgan fingerprint density at radius 1 is 1.06 bits per heavy atom. The lowest BCUT2D eigenvalue weighted by atomic mass is 9.76. The van der Waals surface area contributed by atoms with Crippen molar-refractivity contribution in [1.82, 2.24) is 4.90 Å². The molecule has 0 saturated carbocycles. The van der Waals surface area contributed by atoms with Crippen LogP contribution in [0.2, 0.25) is 0 Å². The van der Waals surface area contributed by atoms with E-state index in [1.807, 2.05) is 11.3 Å². The number of piperidine rings is 1. The lowest BCUT2D eigenvalue weighted by Gasteiger charge is -2.38. The molecule has 0 bridgehead atoms. The number of likely N-dealkylation sites (tertiary alicyclic amines) is 1. The summed E-state index contributed by atoms with van der Waals surface area (Å²) in [6, 6.07) is 9.19. The SMILES string of the molecule is COc1ccc(N2C(=O)C3(CCN(CCC4CCCc5sccc54)CC3)CC23OC(=O)C(=O)O3)cc1. The van der Waals surface area contributed by atoms with Gasteiger partial charge in [-0.3, -0.25) is 4.79 Å². The smallest absolute Gasteiger partial charge is 0.422 e. The van der Waals surface area contributed by atoms with E-state index in [2.05, 4.69) is 16.3 Å². The molecule has 3 aliphatic heterocycles. The third-order valence-corrected chi connectivity index (χ3v) is 9.34. The quantitative estimate of drug-likeness (QED) is 0.446. The van der Waals surface area contributed by atoms with Crippen molar-refractivity contribution in [3.8, 4) is 5.75 Å². The van der Waals surface area contributed by atoms with Crippen LogP contribution in [0.1, 0.15) is 54.9 Å². The molecule has 1 aromatic heterocycles. The maximum Gasteiger partial charge on any atom is 0.422 e. The van der Waals surface area contributed by atoms with E-state index in [0.717, 1.165) is 26.1 Å². The lowest BCUT2D eigenvalue weighted by molar-refractivity contribution is -0.177. The van der Waals surface area contributed by atoms with Crippen LogP contribution in [0.4, 0.5) is 5.69 Å². The Kier molecular flexibility index (Phi) is 5.80. The second-order valence-corrected chi connectivity index (χ2v) is 11.3. The summed E-state index contributed by atoms with van der Waals surface area (Å²) in [6.45, 7) is 2.56. The molecule has 190 valence electrons. The molecule has 0 N–H and O–H groups in total. The Bertz CT molecular complexity index is 1170. The Hall–Kier alpha value is -2.91. The zero-order valence-electron chi connectivity index (χ0n) is 20.4. The number of nitrogens with zero attached hydrogens (tertiary/aromatic N) is 2. The number of benzene rings is 1. The highest BCUT2D eigenvalue weighted by Gasteiger charge is 2.68. The van der Waals surface area contributed by atoms with Gasteiger partial charge in [0.25, 0.3) is 0 Å². The summed E-state index contributed by atoms with van der Waals surface area (Å²) < 4.78 is 16.2. The number of hydrogen-bond donors (Lipinski definition) is 0. The van der Waals surface area contributed by atoms with E-state index in [1.54, 1.807) is 36.3 Å². The minimum atomic E-state index is -1.72. The molecule has 4 aliphatic rings. The number of carbonyl (C=O) groups excluding carboxylic acids is 3. The second kappa shape index (κ2) is 8.88. The van der Waals surface area contributed by atoms with Crippen LogP contribution in [0.3, 0.4) is 0 Å². The molecular weight excluding hydrogens is 480 g/mol. The number of ether oxygens (including phenoxy) is 3. The molecule has 2 spiro atoms. The molecule has 3 fully saturated rings. The Morgan fingerprint density at radius 2 is 1.78 bits per heavy atom. The highest BCUT2D eigenvalue weighted by atomic mass is 32.1. The standard InChI is InChI=1S/C27H30N2O6S/c1-33-20-7-5-19(6-8-20)29-25(32)26(17-27(29)34-23(30)24(31)35-27)11-14-28(15-12-26)13-9-18-3-2-4-22-21(18)10-16-36-22/h5-8,10,16,18H,2-4,9,11-15,17H2,1H3. The fraction of sp³-hybridized carbons (Fsp3) is 0.519. The van der Waals surface area contributed by atoms with Crippen molar-refractivity contribution in [2.45, 2.75) is 56.8 Å². The third-order valence-electron chi connectivity index (χ3n) is 8.34. The molecular formula is C27H30N2O6S. The number of fused-ring (bicyclic) bond motifs is 1. The van der Waals surface area contributed by atoms with Gasteiger partial charge in [-0.1, -0.05) is 0 Å². The number of rotatable bonds is 5. The summed E-state index contributed by atoms with van der Waals surface area (Å²) in [7, 11) is 1.56. The molecule has 2 aromatic rings. The first-order chi connectivity index (χ1) is 17.4. The normalized spacial score (nSPS) is 24.8. The van der Waals surface area contributed by atoms with Gasteiger partial charge in [-0.2, -0.15) is 0 Å². The monoisotopic (exact) mass is 510 g/mol. The molecule has 1 unspecified atom stereocenters. The van der Waals surface area contributed by atoms with Crippen LogP contribution >= 0.6 is 11.3 Å². The number of carbonyl (C=O) groups is 3. The van der Waals surface area contributed by atoms with Gasteiger partial charge >= 0.3 is 17.8 Å². The first kappa shape index (κ1) is 23.5. The van der Waals surface area contributed by atoms with Gasteiger partial charge in [0.2, 0.25) is 5.91 Å². The van der Waals surface area contributed by atoms with Crippen molar-refractivity contribution < 1.29 is 28.6 Å². The fourth-order valence-corrected chi connectivity index (χ4v) is 7.40. The van der Waals surface area contributed by atoms with Gasteiger partial charge in [0.15, 0.2) is 0 Å². The molecule has 1 atom stereocenters. The molecule has 36 heavy (non-hydrogen) atoms. The predicted molar refractivity (Wildman–Crippen MR) is 133 cm³/mol. The summed E-state index contributed by atoms with van der Waals surface area (Å²) in [5, 5.41) is 2.21. The van der Waals surface area contributed by atoms with Crippen LogP contribution in [-0.4, -0.2) is 55.4 Å². The number of amides is 1. The van der Waals surface area contributed by atoms with Crippen LogP contribution in [0, 0.1) is 5.41 Å². The maximum atomic E-state index is 13.9. The molecule has 9 heteroatoms. The van der Waals surface area contributed by atoms with E-state index in [0.29, 0.717) is 30.2 Å². The van der Waals surface area contributed by atoms with Gasteiger partial charge in [-0.25, -0.2) is 14.5 Å². The first-order valence-corrected chi connectivity index (χ1v) is 13.5. The van der Waals surface area contributed by atoms with Crippen LogP contribution in [0.15, 0.2) is 35.7 Å². The number of aryl methyl sites for hydroxylation is 1. The molecule has 1 aromatic carbocycles. The van der Waals surface area contributed by atoms with Crippen LogP contribution in [0.5, 0.6) is 5.75 Å². The van der Waals surface area contributed by atoms with Gasteiger partial charge in [0.1, 0.15) is 5.75 Å². The zero-order chi connectivity index (χ0) is 24.9. The molecule has 3 saturated heterocycles. The first-order valence-electron chi connectivity index (χ1n) is 12.7. The minimum Gasteiger partial charge on any atom is -0.497 e.